The molecule has 0 radical (unpaired) electrons. The summed E-state index contributed by atoms with van der Waals surface area (Å²) in [5, 5.41) is 0.454. The first kappa shape index (κ1) is 23.4. The van der Waals surface area contributed by atoms with E-state index in [1.54, 1.807) is 12.1 Å². The third kappa shape index (κ3) is 6.73. The molecular formula is C16H25Cl3FN3O. The molecule has 1 aliphatic rings. The van der Waals surface area contributed by atoms with Gasteiger partial charge in [0.15, 0.2) is 0 Å². The van der Waals surface area contributed by atoms with Crippen LogP contribution in [0.25, 0.3) is 0 Å². The first-order valence-electron chi connectivity index (χ1n) is 7.66. The van der Waals surface area contributed by atoms with Gasteiger partial charge >= 0.3 is 0 Å². The van der Waals surface area contributed by atoms with Gasteiger partial charge in [-0.25, -0.2) is 4.39 Å². The molecule has 24 heavy (non-hydrogen) atoms. The van der Waals surface area contributed by atoms with Gasteiger partial charge in [-0.2, -0.15) is 0 Å². The fourth-order valence-electron chi connectivity index (χ4n) is 2.57. The zero-order valence-electron chi connectivity index (χ0n) is 13.7. The third-order valence-corrected chi connectivity index (χ3v) is 4.34. The Kier molecular flexibility index (Phi) is 10.8. The minimum atomic E-state index is -0.275. The fraction of sp³-hybridized carbons (Fsp3) is 0.562. The Balaban J connectivity index is 0.00000264. The Morgan fingerprint density at radius 2 is 1.92 bits per heavy atom. The first-order valence-corrected chi connectivity index (χ1v) is 8.03. The summed E-state index contributed by atoms with van der Waals surface area (Å²) >= 11 is 6.06. The van der Waals surface area contributed by atoms with Gasteiger partial charge in [0, 0.05) is 55.8 Å². The highest BCUT2D eigenvalue weighted by Gasteiger charge is 2.22. The molecule has 1 aromatic carbocycles. The van der Waals surface area contributed by atoms with Crippen LogP contribution in [0.5, 0.6) is 0 Å². The van der Waals surface area contributed by atoms with E-state index in [1.165, 1.54) is 6.07 Å². The van der Waals surface area contributed by atoms with E-state index in [-0.39, 0.29) is 42.6 Å². The average molecular weight is 401 g/mol. The van der Waals surface area contributed by atoms with Gasteiger partial charge < -0.3 is 10.6 Å². The Morgan fingerprint density at radius 3 is 2.46 bits per heavy atom. The molecule has 1 aliphatic heterocycles. The van der Waals surface area contributed by atoms with E-state index in [9.17, 15) is 9.18 Å². The van der Waals surface area contributed by atoms with Gasteiger partial charge in [-0.15, -0.1) is 24.8 Å². The summed E-state index contributed by atoms with van der Waals surface area (Å²) < 4.78 is 13.8. The largest absolute Gasteiger partial charge is 0.340 e. The van der Waals surface area contributed by atoms with Crippen molar-refractivity contribution in [1.29, 1.82) is 0 Å². The van der Waals surface area contributed by atoms with Crippen molar-refractivity contribution in [2.45, 2.75) is 32.4 Å². The molecule has 1 atom stereocenters. The van der Waals surface area contributed by atoms with E-state index < -0.39 is 0 Å². The van der Waals surface area contributed by atoms with Gasteiger partial charge in [0.25, 0.3) is 0 Å². The average Bonchev–Trinajstić information content (AvgIpc) is 2.49. The fourth-order valence-corrected chi connectivity index (χ4v) is 2.79. The van der Waals surface area contributed by atoms with Crippen LogP contribution in [0, 0.1) is 5.82 Å². The lowest BCUT2D eigenvalue weighted by Crippen LogP contribution is -2.48. The molecule has 0 aromatic heterocycles. The lowest BCUT2D eigenvalue weighted by atomic mass is 10.1. The number of benzene rings is 1. The van der Waals surface area contributed by atoms with Gasteiger partial charge in [0.05, 0.1) is 0 Å². The smallest absolute Gasteiger partial charge is 0.222 e. The molecular weight excluding hydrogens is 376 g/mol. The van der Waals surface area contributed by atoms with Crippen LogP contribution in [0.3, 0.4) is 0 Å². The van der Waals surface area contributed by atoms with Crippen molar-refractivity contribution in [3.63, 3.8) is 0 Å². The highest BCUT2D eigenvalue weighted by atomic mass is 35.5. The second-order valence-corrected chi connectivity index (χ2v) is 6.28. The zero-order valence-corrected chi connectivity index (χ0v) is 16.1. The topological polar surface area (TPSA) is 49.6 Å². The summed E-state index contributed by atoms with van der Waals surface area (Å²) in [5.74, 6) is -0.121. The van der Waals surface area contributed by atoms with Gasteiger partial charge in [-0.1, -0.05) is 17.7 Å². The van der Waals surface area contributed by atoms with Gasteiger partial charge in [0.1, 0.15) is 5.82 Å². The van der Waals surface area contributed by atoms with E-state index in [2.05, 4.69) is 4.90 Å². The van der Waals surface area contributed by atoms with Crippen LogP contribution in [0.2, 0.25) is 5.02 Å². The van der Waals surface area contributed by atoms with Crippen LogP contribution in [0.1, 0.15) is 25.3 Å². The molecule has 2 N–H and O–H groups in total. The molecule has 1 saturated heterocycles. The van der Waals surface area contributed by atoms with Crippen molar-refractivity contribution in [3.8, 4) is 0 Å². The molecule has 1 fully saturated rings. The molecule has 0 aliphatic carbocycles. The number of carbonyl (C=O) groups is 1. The quantitative estimate of drug-likeness (QED) is 0.826. The molecule has 1 unspecified atom stereocenters. The van der Waals surface area contributed by atoms with Crippen LogP contribution < -0.4 is 5.73 Å². The monoisotopic (exact) mass is 399 g/mol. The summed E-state index contributed by atoms with van der Waals surface area (Å²) in [6.07, 6.45) is 1.21. The normalized spacial score (nSPS) is 16.1. The number of piperazine rings is 1. The summed E-state index contributed by atoms with van der Waals surface area (Å²) in [6.45, 7) is 5.19. The van der Waals surface area contributed by atoms with Gasteiger partial charge in [-0.3, -0.25) is 9.69 Å². The molecule has 1 amide bonds. The lowest BCUT2D eigenvalue weighted by Gasteiger charge is -2.35. The van der Waals surface area contributed by atoms with Crippen molar-refractivity contribution in [3.05, 3.63) is 34.6 Å². The summed E-state index contributed by atoms with van der Waals surface area (Å²) in [6, 6.07) is 4.78. The van der Waals surface area contributed by atoms with Crippen LogP contribution in [-0.4, -0.2) is 47.9 Å². The standard InChI is InChI=1S/C16H23ClFN3O.2ClH/c1-12(19)5-6-16(22)21-9-7-20(8-10-21)11-13-14(17)3-2-4-15(13)18;;/h2-4,12H,5-11,19H2,1H3;2*1H. The maximum atomic E-state index is 13.8. The second kappa shape index (κ2) is 11.1. The number of halogens is 4. The number of amides is 1. The van der Waals surface area contributed by atoms with Crippen molar-refractivity contribution in [2.24, 2.45) is 5.73 Å². The van der Waals surface area contributed by atoms with Crippen LogP contribution in [-0.2, 0) is 11.3 Å². The predicted molar refractivity (Wildman–Crippen MR) is 101 cm³/mol. The van der Waals surface area contributed by atoms with Crippen LogP contribution in [0.15, 0.2) is 18.2 Å². The zero-order chi connectivity index (χ0) is 16.1. The molecule has 0 spiro atoms. The van der Waals surface area contributed by atoms with Gasteiger partial charge in [-0.05, 0) is 25.5 Å². The molecule has 4 nitrogen and oxygen atoms in total. The molecule has 1 heterocycles. The molecule has 1 aromatic rings. The minimum Gasteiger partial charge on any atom is -0.340 e. The number of nitrogens with two attached hydrogens (primary N) is 1. The summed E-state index contributed by atoms with van der Waals surface area (Å²) in [7, 11) is 0. The SMILES string of the molecule is CC(N)CCC(=O)N1CCN(Cc2c(F)cccc2Cl)CC1.Cl.Cl. The Bertz CT molecular complexity index is 503. The molecule has 2 rings (SSSR count). The number of hydrogen-bond donors (Lipinski definition) is 1. The minimum absolute atomic E-state index is 0. The van der Waals surface area contributed by atoms with Crippen molar-refractivity contribution < 1.29 is 9.18 Å². The summed E-state index contributed by atoms with van der Waals surface area (Å²) in [4.78, 5) is 16.0. The molecule has 8 heteroatoms. The van der Waals surface area contributed by atoms with E-state index in [1.807, 2.05) is 11.8 Å². The third-order valence-electron chi connectivity index (χ3n) is 3.98. The molecule has 0 saturated carbocycles. The Labute approximate surface area is 160 Å². The first-order chi connectivity index (χ1) is 10.5. The van der Waals surface area contributed by atoms with E-state index >= 15 is 0 Å². The number of hydrogen-bond acceptors (Lipinski definition) is 3. The highest BCUT2D eigenvalue weighted by Crippen LogP contribution is 2.21. The molecule has 0 bridgehead atoms. The molecule has 138 valence electrons. The van der Waals surface area contributed by atoms with E-state index in [0.717, 1.165) is 13.1 Å². The number of carbonyl (C=O) groups excluding carboxylic acids is 1. The lowest BCUT2D eigenvalue weighted by molar-refractivity contribution is -0.133. The van der Waals surface area contributed by atoms with Crippen LogP contribution in [0.4, 0.5) is 4.39 Å². The number of rotatable bonds is 5. The Morgan fingerprint density at radius 1 is 1.29 bits per heavy atom. The van der Waals surface area contributed by atoms with Crippen molar-refractivity contribution in [1.82, 2.24) is 9.80 Å². The maximum Gasteiger partial charge on any atom is 0.222 e. The number of nitrogens with zero attached hydrogens (tertiary/aromatic N) is 2. The summed E-state index contributed by atoms with van der Waals surface area (Å²) in [5.41, 5.74) is 6.21. The van der Waals surface area contributed by atoms with E-state index in [0.29, 0.717) is 43.1 Å². The van der Waals surface area contributed by atoms with Crippen molar-refractivity contribution in [2.75, 3.05) is 26.2 Å². The van der Waals surface area contributed by atoms with Crippen LogP contribution >= 0.6 is 36.4 Å². The second-order valence-electron chi connectivity index (χ2n) is 5.87. The maximum absolute atomic E-state index is 13.8. The highest BCUT2D eigenvalue weighted by molar-refractivity contribution is 6.31. The van der Waals surface area contributed by atoms with Crippen molar-refractivity contribution >= 4 is 42.3 Å². The Hall–Kier alpha value is -0.590. The predicted octanol–water partition coefficient (Wildman–Crippen LogP) is 3.09. The van der Waals surface area contributed by atoms with E-state index in [4.69, 9.17) is 17.3 Å². The van der Waals surface area contributed by atoms with Gasteiger partial charge in [0.2, 0.25) is 5.91 Å².